The summed E-state index contributed by atoms with van der Waals surface area (Å²) in [4.78, 5) is 4.14. The number of aromatic nitrogens is 1. The normalized spacial score (nSPS) is 7.86. The molecule has 0 spiro atoms. The van der Waals surface area contributed by atoms with Crippen LogP contribution in [0.25, 0.3) is 10.2 Å². The first-order valence-corrected chi connectivity index (χ1v) is 5.04. The van der Waals surface area contributed by atoms with Gasteiger partial charge >= 0.3 is 51.4 Å². The van der Waals surface area contributed by atoms with Gasteiger partial charge in [-0.2, -0.15) is 0 Å². The molecule has 0 N–H and O–H groups in total. The Morgan fingerprint density at radius 3 is 2.43 bits per heavy atom. The van der Waals surface area contributed by atoms with E-state index in [4.69, 9.17) is 0 Å². The Balaban J connectivity index is -0.000000220. The molecule has 0 amide bonds. The molecule has 0 unspecified atom stereocenters. The zero-order chi connectivity index (χ0) is 8.81. The van der Waals surface area contributed by atoms with Crippen molar-refractivity contribution in [2.24, 2.45) is 0 Å². The van der Waals surface area contributed by atoms with Crippen LogP contribution in [0.1, 0.15) is 29.1 Å². The van der Waals surface area contributed by atoms with Gasteiger partial charge in [0.2, 0.25) is 0 Å². The van der Waals surface area contributed by atoms with Crippen molar-refractivity contribution >= 4 is 21.6 Å². The van der Waals surface area contributed by atoms with E-state index in [1.54, 1.807) is 11.3 Å². The minimum absolute atomic E-state index is 0. The van der Waals surface area contributed by atoms with Crippen molar-refractivity contribution in [1.29, 1.82) is 0 Å². The maximum Gasteiger partial charge on any atom is 1.00 e. The predicted molar refractivity (Wildman–Crippen MR) is 63.4 cm³/mol. The van der Waals surface area contributed by atoms with Gasteiger partial charge in [0.05, 0.1) is 15.7 Å². The van der Waals surface area contributed by atoms with Gasteiger partial charge in [-0.3, -0.25) is 0 Å². The van der Waals surface area contributed by atoms with E-state index in [1.165, 1.54) is 11.1 Å². The zero-order valence-corrected chi connectivity index (χ0v) is 12.4. The average Bonchev–Trinajstić information content (AvgIpc) is 2.52. The van der Waals surface area contributed by atoms with Crippen molar-refractivity contribution in [2.45, 2.75) is 27.7 Å². The first-order valence-electron chi connectivity index (χ1n) is 4.16. The molecule has 0 aliphatic heterocycles. The Morgan fingerprint density at radius 2 is 1.86 bits per heavy atom. The van der Waals surface area contributed by atoms with Gasteiger partial charge in [0.15, 0.2) is 0 Å². The Hall–Kier alpha value is 0.746. The maximum atomic E-state index is 4.14. The zero-order valence-electron chi connectivity index (χ0n) is 9.45. The average molecular weight is 235 g/mol. The third-order valence-electron chi connectivity index (χ3n) is 1.24. The summed E-state index contributed by atoms with van der Waals surface area (Å²) in [5.74, 6) is 0. The Kier molecular flexibility index (Phi) is 12.6. The molecule has 0 aliphatic carbocycles. The Morgan fingerprint density at radius 1 is 1.29 bits per heavy atom. The number of thiazole rings is 1. The summed E-state index contributed by atoms with van der Waals surface area (Å²) in [6.45, 7) is 4.25. The number of nitrogens with zero attached hydrogens (tertiary/aromatic N) is 1. The van der Waals surface area contributed by atoms with Gasteiger partial charge in [-0.05, 0) is 12.1 Å². The molecule has 1 aromatic heterocycles. The van der Waals surface area contributed by atoms with Crippen LogP contribution in [0, 0.1) is 0 Å². The predicted octanol–water partition coefficient (Wildman–Crippen LogP) is 1.47. The number of benzene rings is 1. The fraction of sp³-hybridized carbons (Fsp3) is 0.364. The van der Waals surface area contributed by atoms with Crippen LogP contribution >= 0.6 is 11.3 Å². The molecule has 1 heterocycles. The van der Waals surface area contributed by atoms with Crippen molar-refractivity contribution in [3.05, 3.63) is 29.8 Å². The topological polar surface area (TPSA) is 12.9 Å². The van der Waals surface area contributed by atoms with E-state index in [-0.39, 0.29) is 60.2 Å². The van der Waals surface area contributed by atoms with E-state index in [2.05, 4.69) is 24.9 Å². The molecule has 1 nitrogen and oxygen atoms in total. The fourth-order valence-electron chi connectivity index (χ4n) is 0.803. The van der Waals surface area contributed by atoms with Gasteiger partial charge in [-0.25, -0.2) is 4.98 Å². The second kappa shape index (κ2) is 10.3. The summed E-state index contributed by atoms with van der Waals surface area (Å²) in [7, 11) is 0. The summed E-state index contributed by atoms with van der Waals surface area (Å²) in [5.41, 5.74) is 2.97. The summed E-state index contributed by atoms with van der Waals surface area (Å²) >= 11 is 1.68. The molecule has 0 bridgehead atoms. The number of hydrogen-bond donors (Lipinski definition) is 0. The smallest absolute Gasteiger partial charge is 1.00 e. The second-order valence-electron chi connectivity index (χ2n) is 2.53. The first-order chi connectivity index (χ1) is 5.88. The molecule has 14 heavy (non-hydrogen) atoms. The van der Waals surface area contributed by atoms with E-state index in [1.807, 2.05) is 23.7 Å². The molecule has 0 fully saturated rings. The first kappa shape index (κ1) is 17.2. The second-order valence-corrected chi connectivity index (χ2v) is 3.41. The molecule has 1 aromatic carbocycles. The van der Waals surface area contributed by atoms with E-state index in [0.29, 0.717) is 0 Å². The van der Waals surface area contributed by atoms with Gasteiger partial charge < -0.3 is 1.43 Å². The van der Waals surface area contributed by atoms with E-state index in [0.717, 1.165) is 5.52 Å². The molecule has 0 saturated carbocycles. The monoisotopic (exact) mass is 235 g/mol. The Labute approximate surface area is 135 Å². The molecule has 74 valence electrons. The van der Waals surface area contributed by atoms with Crippen LogP contribution in [0.3, 0.4) is 0 Å². The van der Waals surface area contributed by atoms with E-state index >= 15 is 0 Å². The van der Waals surface area contributed by atoms with Gasteiger partial charge in [-0.15, -0.1) is 11.3 Å². The molecule has 2 rings (SSSR count). The molecular weight excluding hydrogens is 217 g/mol. The van der Waals surface area contributed by atoms with Crippen molar-refractivity contribution in [1.82, 2.24) is 4.98 Å². The van der Waals surface area contributed by atoms with Crippen LogP contribution in [0.2, 0.25) is 0 Å². The Bertz CT molecular complexity index is 308. The van der Waals surface area contributed by atoms with Crippen molar-refractivity contribution in [3.8, 4) is 0 Å². The molecule has 0 aliphatic rings. The molecular formula is C11H18KNS. The molecule has 3 heteroatoms. The standard InChI is InChI=1S/C7H5NS.C3H8.CH4.K.H/c1-2-4-7-6(3-1)8-5-9-7;1-3-2;;;/h1-5H;3H2,1-2H3;1H4;;/q;;;+1;-1. The largest absolute Gasteiger partial charge is 1.00 e. The summed E-state index contributed by atoms with van der Waals surface area (Å²) < 4.78 is 1.26. The fourth-order valence-corrected chi connectivity index (χ4v) is 1.48. The minimum Gasteiger partial charge on any atom is -1.00 e. The van der Waals surface area contributed by atoms with Gasteiger partial charge in [0, 0.05) is 0 Å². The number of para-hydroxylation sites is 1. The van der Waals surface area contributed by atoms with E-state index in [9.17, 15) is 0 Å². The number of fused-ring (bicyclic) bond motifs is 1. The number of hydrogen-bond acceptors (Lipinski definition) is 2. The molecule has 2 aromatic rings. The van der Waals surface area contributed by atoms with Crippen LogP contribution in [-0.4, -0.2) is 4.98 Å². The van der Waals surface area contributed by atoms with Crippen molar-refractivity contribution < 1.29 is 52.8 Å². The quantitative estimate of drug-likeness (QED) is 0.630. The van der Waals surface area contributed by atoms with Gasteiger partial charge in [0.1, 0.15) is 0 Å². The third kappa shape index (κ3) is 5.58. The summed E-state index contributed by atoms with van der Waals surface area (Å²) in [5, 5.41) is 0. The number of rotatable bonds is 0. The van der Waals surface area contributed by atoms with Crippen LogP contribution in [0.5, 0.6) is 0 Å². The van der Waals surface area contributed by atoms with Crippen LogP contribution in [0.15, 0.2) is 29.8 Å². The van der Waals surface area contributed by atoms with Gasteiger partial charge in [0.25, 0.3) is 0 Å². The molecule has 0 atom stereocenters. The maximum absolute atomic E-state index is 4.14. The molecule has 0 radical (unpaired) electrons. The van der Waals surface area contributed by atoms with Gasteiger partial charge in [-0.1, -0.05) is 39.8 Å². The van der Waals surface area contributed by atoms with Crippen LogP contribution in [-0.2, 0) is 0 Å². The minimum atomic E-state index is 0. The summed E-state index contributed by atoms with van der Waals surface area (Å²) in [6, 6.07) is 8.13. The summed E-state index contributed by atoms with van der Waals surface area (Å²) in [6.07, 6.45) is 1.25. The van der Waals surface area contributed by atoms with E-state index < -0.39 is 0 Å². The third-order valence-corrected chi connectivity index (χ3v) is 2.05. The van der Waals surface area contributed by atoms with Crippen LogP contribution in [0.4, 0.5) is 0 Å². The molecule has 0 saturated heterocycles. The SMILES string of the molecule is C.CCC.[H-].[K+].c1ccc2scnc2c1. The van der Waals surface area contributed by atoms with Crippen molar-refractivity contribution in [3.63, 3.8) is 0 Å². The van der Waals surface area contributed by atoms with Crippen LogP contribution < -0.4 is 51.4 Å². The van der Waals surface area contributed by atoms with Crippen molar-refractivity contribution in [2.75, 3.05) is 0 Å².